The molecule has 1 amide bonds. The van der Waals surface area contributed by atoms with Gasteiger partial charge in [0.15, 0.2) is 0 Å². The third-order valence-electron chi connectivity index (χ3n) is 2.43. The maximum atomic E-state index is 11.9. The van der Waals surface area contributed by atoms with Crippen LogP contribution in [0.3, 0.4) is 0 Å². The van der Waals surface area contributed by atoms with Crippen molar-refractivity contribution >= 4 is 28.8 Å². The summed E-state index contributed by atoms with van der Waals surface area (Å²) in [5.41, 5.74) is 1.59. The molecule has 0 fully saturated rings. The molecule has 0 aliphatic heterocycles. The van der Waals surface area contributed by atoms with Crippen LogP contribution in [0, 0.1) is 19.3 Å². The Labute approximate surface area is 120 Å². The number of rotatable bonds is 3. The Morgan fingerprint density at radius 1 is 1.58 bits per heavy atom. The topological polar surface area (TPSA) is 42.0 Å². The van der Waals surface area contributed by atoms with Crippen molar-refractivity contribution in [3.8, 4) is 22.9 Å². The molecule has 0 bridgehead atoms. The lowest BCUT2D eigenvalue weighted by Gasteiger charge is -1.98. The third-order valence-corrected chi connectivity index (χ3v) is 3.87. The van der Waals surface area contributed by atoms with Gasteiger partial charge in [0.25, 0.3) is 5.91 Å². The highest BCUT2D eigenvalue weighted by molar-refractivity contribution is 7.17. The maximum absolute atomic E-state index is 11.9. The molecule has 2 aromatic rings. The number of terminal acetylenes is 1. The van der Waals surface area contributed by atoms with E-state index in [1.54, 1.807) is 13.0 Å². The molecule has 2 rings (SSSR count). The van der Waals surface area contributed by atoms with E-state index in [0.29, 0.717) is 15.6 Å². The predicted octanol–water partition coefficient (Wildman–Crippen LogP) is 3.13. The highest BCUT2D eigenvalue weighted by Crippen LogP contribution is 2.29. The van der Waals surface area contributed by atoms with E-state index in [2.05, 4.69) is 16.2 Å². The molecule has 0 aliphatic carbocycles. The van der Waals surface area contributed by atoms with E-state index in [9.17, 15) is 4.79 Å². The van der Waals surface area contributed by atoms with Crippen LogP contribution in [0.2, 0.25) is 5.02 Å². The third kappa shape index (κ3) is 3.14. The number of carbonyl (C=O) groups excluding carboxylic acids is 1. The quantitative estimate of drug-likeness (QED) is 0.883. The summed E-state index contributed by atoms with van der Waals surface area (Å²) in [6.45, 7) is 2.01. The van der Waals surface area contributed by atoms with Gasteiger partial charge >= 0.3 is 0 Å². The molecule has 0 aliphatic rings. The van der Waals surface area contributed by atoms with Gasteiger partial charge in [0.1, 0.15) is 9.88 Å². The van der Waals surface area contributed by atoms with Crippen LogP contribution in [-0.4, -0.2) is 17.4 Å². The first-order valence-corrected chi connectivity index (χ1v) is 6.76. The van der Waals surface area contributed by atoms with Gasteiger partial charge in [0.2, 0.25) is 0 Å². The van der Waals surface area contributed by atoms with Gasteiger partial charge < -0.3 is 5.32 Å². The molecular formula is C14H11ClN2OS. The fraction of sp³-hybridized carbons (Fsp3) is 0.143. The molecule has 0 unspecified atom stereocenters. The fourth-order valence-corrected chi connectivity index (χ4v) is 2.73. The van der Waals surface area contributed by atoms with Crippen LogP contribution in [-0.2, 0) is 0 Å². The van der Waals surface area contributed by atoms with Crippen molar-refractivity contribution in [3.05, 3.63) is 39.9 Å². The first-order valence-electron chi connectivity index (χ1n) is 5.57. The second-order valence-electron chi connectivity index (χ2n) is 3.83. The Bertz CT molecular complexity index is 658. The number of carbonyl (C=O) groups is 1. The van der Waals surface area contributed by atoms with Gasteiger partial charge in [-0.25, -0.2) is 4.98 Å². The Balaban J connectivity index is 2.31. The van der Waals surface area contributed by atoms with Gasteiger partial charge in [0, 0.05) is 10.6 Å². The molecule has 1 N–H and O–H groups in total. The lowest BCUT2D eigenvalue weighted by Crippen LogP contribution is -2.23. The van der Waals surface area contributed by atoms with E-state index >= 15 is 0 Å². The van der Waals surface area contributed by atoms with Crippen LogP contribution in [0.1, 0.15) is 15.4 Å². The number of hydrogen-bond donors (Lipinski definition) is 1. The average Bonchev–Trinajstić information content (AvgIpc) is 2.78. The molecule has 5 heteroatoms. The van der Waals surface area contributed by atoms with Crippen molar-refractivity contribution in [1.29, 1.82) is 0 Å². The summed E-state index contributed by atoms with van der Waals surface area (Å²) >= 11 is 7.28. The predicted molar refractivity (Wildman–Crippen MR) is 78.5 cm³/mol. The molecule has 1 aromatic heterocycles. The van der Waals surface area contributed by atoms with Crippen molar-refractivity contribution in [2.45, 2.75) is 6.92 Å². The first-order chi connectivity index (χ1) is 9.11. The number of thiazole rings is 1. The van der Waals surface area contributed by atoms with E-state index in [1.807, 2.05) is 18.2 Å². The van der Waals surface area contributed by atoms with Crippen LogP contribution in [0.15, 0.2) is 24.3 Å². The Morgan fingerprint density at radius 3 is 3.05 bits per heavy atom. The monoisotopic (exact) mass is 290 g/mol. The number of amides is 1. The van der Waals surface area contributed by atoms with E-state index in [1.165, 1.54) is 11.3 Å². The van der Waals surface area contributed by atoms with Gasteiger partial charge in [-0.1, -0.05) is 29.7 Å². The number of nitrogens with zero attached hydrogens (tertiary/aromatic N) is 1. The zero-order valence-electron chi connectivity index (χ0n) is 10.2. The highest BCUT2D eigenvalue weighted by Gasteiger charge is 2.15. The lowest BCUT2D eigenvalue weighted by molar-refractivity contribution is 0.0962. The molecule has 3 nitrogen and oxygen atoms in total. The van der Waals surface area contributed by atoms with Crippen molar-refractivity contribution in [3.63, 3.8) is 0 Å². The first kappa shape index (κ1) is 13.6. The molecule has 0 atom stereocenters. The maximum Gasteiger partial charge on any atom is 0.264 e. The molecule has 0 spiro atoms. The standard InChI is InChI=1S/C14H11ClN2OS/c1-3-7-16-13(18)12-9(2)17-14(19-12)10-5-4-6-11(15)8-10/h1,4-6,8H,7H2,2H3,(H,16,18). The fourth-order valence-electron chi connectivity index (χ4n) is 1.56. The van der Waals surface area contributed by atoms with Crippen LogP contribution >= 0.6 is 22.9 Å². The second kappa shape index (κ2) is 5.87. The molecule has 1 aromatic carbocycles. The highest BCUT2D eigenvalue weighted by atomic mass is 35.5. The molecule has 19 heavy (non-hydrogen) atoms. The van der Waals surface area contributed by atoms with Crippen LogP contribution < -0.4 is 5.32 Å². The number of benzene rings is 1. The number of aromatic nitrogens is 1. The Hall–Kier alpha value is -1.83. The smallest absolute Gasteiger partial charge is 0.264 e. The largest absolute Gasteiger partial charge is 0.340 e. The van der Waals surface area contributed by atoms with Crippen molar-refractivity contribution in [2.75, 3.05) is 6.54 Å². The van der Waals surface area contributed by atoms with Gasteiger partial charge in [-0.15, -0.1) is 17.8 Å². The summed E-state index contributed by atoms with van der Waals surface area (Å²) in [5.74, 6) is 2.18. The zero-order valence-corrected chi connectivity index (χ0v) is 11.8. The van der Waals surface area contributed by atoms with E-state index in [0.717, 1.165) is 10.6 Å². The van der Waals surface area contributed by atoms with Crippen molar-refractivity contribution < 1.29 is 4.79 Å². The van der Waals surface area contributed by atoms with Gasteiger partial charge in [-0.2, -0.15) is 0 Å². The lowest BCUT2D eigenvalue weighted by atomic mass is 10.2. The van der Waals surface area contributed by atoms with Gasteiger partial charge in [0.05, 0.1) is 12.2 Å². The van der Waals surface area contributed by atoms with Gasteiger partial charge in [-0.3, -0.25) is 4.79 Å². The minimum Gasteiger partial charge on any atom is -0.340 e. The summed E-state index contributed by atoms with van der Waals surface area (Å²) in [5, 5.41) is 4.05. The number of halogens is 1. The van der Waals surface area contributed by atoms with Crippen LogP contribution in [0.4, 0.5) is 0 Å². The normalized spacial score (nSPS) is 9.95. The number of hydrogen-bond acceptors (Lipinski definition) is 3. The summed E-state index contributed by atoms with van der Waals surface area (Å²) in [6.07, 6.45) is 5.11. The van der Waals surface area contributed by atoms with E-state index in [-0.39, 0.29) is 12.5 Å². The molecular weight excluding hydrogens is 280 g/mol. The van der Waals surface area contributed by atoms with Crippen LogP contribution in [0.25, 0.3) is 10.6 Å². The second-order valence-corrected chi connectivity index (χ2v) is 5.27. The van der Waals surface area contributed by atoms with Crippen molar-refractivity contribution in [1.82, 2.24) is 10.3 Å². The van der Waals surface area contributed by atoms with E-state index in [4.69, 9.17) is 18.0 Å². The summed E-state index contributed by atoms with van der Waals surface area (Å²) in [4.78, 5) is 16.8. The summed E-state index contributed by atoms with van der Waals surface area (Å²) in [6, 6.07) is 7.38. The zero-order chi connectivity index (χ0) is 13.8. The van der Waals surface area contributed by atoms with Crippen LogP contribution in [0.5, 0.6) is 0 Å². The molecule has 0 radical (unpaired) electrons. The molecule has 0 saturated heterocycles. The Morgan fingerprint density at radius 2 is 2.37 bits per heavy atom. The number of nitrogens with one attached hydrogen (secondary N) is 1. The molecule has 0 saturated carbocycles. The average molecular weight is 291 g/mol. The van der Waals surface area contributed by atoms with Gasteiger partial charge in [-0.05, 0) is 19.1 Å². The summed E-state index contributed by atoms with van der Waals surface area (Å²) < 4.78 is 0. The molecule has 96 valence electrons. The minimum atomic E-state index is -0.193. The Kier molecular flexibility index (Phi) is 4.20. The van der Waals surface area contributed by atoms with E-state index < -0.39 is 0 Å². The minimum absolute atomic E-state index is 0.193. The summed E-state index contributed by atoms with van der Waals surface area (Å²) in [7, 11) is 0. The molecule has 1 heterocycles. The SMILES string of the molecule is C#CCNC(=O)c1sc(-c2cccc(Cl)c2)nc1C. The van der Waals surface area contributed by atoms with Crippen molar-refractivity contribution in [2.24, 2.45) is 0 Å². The number of aryl methyl sites for hydroxylation is 1.